The molecule has 3 aliphatic rings. The molecule has 1 N–H and O–H groups in total. The normalized spacial score (nSPS) is 31.5. The Balaban J connectivity index is 2.11. The maximum absolute atomic E-state index is 11.0. The lowest BCUT2D eigenvalue weighted by Crippen LogP contribution is -2.54. The van der Waals surface area contributed by atoms with Gasteiger partial charge in [0.05, 0.1) is 12.2 Å². The van der Waals surface area contributed by atoms with Crippen LogP contribution < -0.4 is 0 Å². The van der Waals surface area contributed by atoms with Crippen molar-refractivity contribution in [2.24, 2.45) is 17.3 Å². The minimum absolute atomic E-state index is 0.0757. The Morgan fingerprint density at radius 3 is 2.23 bits per heavy atom. The summed E-state index contributed by atoms with van der Waals surface area (Å²) in [5.74, 6) is 1.48. The monoisotopic (exact) mass is 660 g/mol. The SMILES string of the molecule is C=C1C(=CC=C2CCC[C@]3(C)C(CC)=CC[C@@H]23)C[C@](O[Si](C)(C)C(C)(C)C)(SC[C@H](O)C(C)C)C[C@@H]1O[Si](C)(C)C(C)(C)C. The van der Waals surface area contributed by atoms with Crippen LogP contribution in [0.5, 0.6) is 0 Å². The molecule has 3 aliphatic carbocycles. The van der Waals surface area contributed by atoms with Gasteiger partial charge >= 0.3 is 0 Å². The molecule has 0 unspecified atom stereocenters. The third kappa shape index (κ3) is 8.18. The lowest BCUT2D eigenvalue weighted by atomic mass is 9.64. The standard InChI is InChI=1S/C38H68O3SSi2/c1-16-31-21-22-32-29(18-17-23-37(31,32)11)19-20-30-24-38(42-26-33(39)27(2)3,41-44(14,15)36(8,9)10)25-34(28(30)4)40-43(12,13)35(5,6)7/h19-21,27,32-34,39H,4,16-18,22-26H2,1-3,5-15H3/t32-,33-,34-,37+,38-/m0/s1. The highest BCUT2D eigenvalue weighted by atomic mass is 32.2. The van der Waals surface area contributed by atoms with Crippen LogP contribution >= 0.6 is 11.8 Å². The average molecular weight is 661 g/mol. The minimum atomic E-state index is -2.16. The van der Waals surface area contributed by atoms with Crippen LogP contribution in [0.4, 0.5) is 0 Å². The summed E-state index contributed by atoms with van der Waals surface area (Å²) in [4.78, 5) is -0.469. The summed E-state index contributed by atoms with van der Waals surface area (Å²) in [6.07, 6.45) is 14.6. The van der Waals surface area contributed by atoms with E-state index in [-0.39, 0.29) is 28.2 Å². The molecule has 252 valence electrons. The van der Waals surface area contributed by atoms with E-state index >= 15 is 0 Å². The van der Waals surface area contributed by atoms with Crippen LogP contribution in [0.3, 0.4) is 0 Å². The molecule has 0 aromatic heterocycles. The molecule has 44 heavy (non-hydrogen) atoms. The summed E-state index contributed by atoms with van der Waals surface area (Å²) in [5.41, 5.74) is 5.97. The van der Waals surface area contributed by atoms with Crippen LogP contribution in [-0.4, -0.2) is 44.6 Å². The van der Waals surface area contributed by atoms with E-state index in [1.165, 1.54) is 31.3 Å². The van der Waals surface area contributed by atoms with Crippen molar-refractivity contribution in [1.29, 1.82) is 0 Å². The van der Waals surface area contributed by atoms with Crippen molar-refractivity contribution < 1.29 is 14.0 Å². The molecule has 0 saturated heterocycles. The molecule has 0 heterocycles. The van der Waals surface area contributed by atoms with E-state index in [1.54, 1.807) is 11.1 Å². The summed E-state index contributed by atoms with van der Waals surface area (Å²) in [7, 11) is -4.25. The fourth-order valence-corrected chi connectivity index (χ4v) is 11.8. The van der Waals surface area contributed by atoms with Crippen LogP contribution in [0.2, 0.25) is 36.3 Å². The highest BCUT2D eigenvalue weighted by molar-refractivity contribution is 8.00. The topological polar surface area (TPSA) is 38.7 Å². The van der Waals surface area contributed by atoms with Gasteiger partial charge in [0.15, 0.2) is 16.6 Å². The van der Waals surface area contributed by atoms with E-state index in [1.807, 2.05) is 11.8 Å². The van der Waals surface area contributed by atoms with E-state index in [4.69, 9.17) is 15.4 Å². The molecule has 0 spiro atoms. The summed E-state index contributed by atoms with van der Waals surface area (Å²) in [6, 6.07) is 0. The van der Waals surface area contributed by atoms with Gasteiger partial charge in [0.1, 0.15) is 4.93 Å². The van der Waals surface area contributed by atoms with Crippen LogP contribution in [-0.2, 0) is 8.85 Å². The quantitative estimate of drug-likeness (QED) is 0.144. The number of hydrogen-bond donors (Lipinski definition) is 1. The van der Waals surface area contributed by atoms with Crippen LogP contribution in [0.1, 0.15) is 114 Å². The Hall–Kier alpha value is -0.376. The zero-order valence-corrected chi connectivity index (χ0v) is 33.9. The van der Waals surface area contributed by atoms with Gasteiger partial charge in [-0.2, -0.15) is 0 Å². The Bertz CT molecular complexity index is 1140. The summed E-state index contributed by atoms with van der Waals surface area (Å²) < 4.78 is 14.7. The van der Waals surface area contributed by atoms with Gasteiger partial charge in [0.2, 0.25) is 0 Å². The Morgan fingerprint density at radius 1 is 1.07 bits per heavy atom. The fraction of sp³-hybridized carbons (Fsp3) is 0.789. The van der Waals surface area contributed by atoms with Crippen molar-refractivity contribution in [3.63, 3.8) is 0 Å². The second kappa shape index (κ2) is 13.6. The second-order valence-electron chi connectivity index (χ2n) is 17.7. The Morgan fingerprint density at radius 2 is 1.68 bits per heavy atom. The molecule has 0 aromatic rings. The average Bonchev–Trinajstić information content (AvgIpc) is 3.23. The molecule has 0 amide bonds. The third-order valence-electron chi connectivity index (χ3n) is 12.1. The molecule has 0 aliphatic heterocycles. The predicted octanol–water partition coefficient (Wildman–Crippen LogP) is 11.6. The smallest absolute Gasteiger partial charge is 0.193 e. The van der Waals surface area contributed by atoms with Gasteiger partial charge in [0, 0.05) is 18.6 Å². The fourth-order valence-electron chi connectivity index (χ4n) is 6.83. The number of allylic oxidation sites excluding steroid dienone is 5. The minimum Gasteiger partial charge on any atom is -0.410 e. The number of aliphatic hydroxyl groups excluding tert-OH is 1. The van der Waals surface area contributed by atoms with Crippen molar-refractivity contribution in [1.82, 2.24) is 0 Å². The first-order chi connectivity index (χ1) is 20.0. The van der Waals surface area contributed by atoms with Crippen LogP contribution in [0.25, 0.3) is 0 Å². The molecule has 5 atom stereocenters. The van der Waals surface area contributed by atoms with Gasteiger partial charge in [0.25, 0.3) is 0 Å². The van der Waals surface area contributed by atoms with E-state index in [9.17, 15) is 5.11 Å². The van der Waals surface area contributed by atoms with Crippen molar-refractivity contribution in [3.05, 3.63) is 47.1 Å². The largest absolute Gasteiger partial charge is 0.410 e. The Labute approximate surface area is 279 Å². The van der Waals surface area contributed by atoms with Crippen molar-refractivity contribution >= 4 is 28.4 Å². The molecule has 3 nitrogen and oxygen atoms in total. The first-order valence-electron chi connectivity index (χ1n) is 17.5. The first kappa shape index (κ1) is 38.1. The highest BCUT2D eigenvalue weighted by Gasteiger charge is 2.51. The summed E-state index contributed by atoms with van der Waals surface area (Å²) >= 11 is 1.83. The summed E-state index contributed by atoms with van der Waals surface area (Å²) in [6.45, 7) is 37.2. The molecular formula is C38H68O3SSi2. The van der Waals surface area contributed by atoms with E-state index in [0.717, 1.165) is 24.8 Å². The zero-order chi connectivity index (χ0) is 33.5. The van der Waals surface area contributed by atoms with E-state index < -0.39 is 21.6 Å². The van der Waals surface area contributed by atoms with Crippen LogP contribution in [0, 0.1) is 17.3 Å². The van der Waals surface area contributed by atoms with Gasteiger partial charge in [-0.1, -0.05) is 105 Å². The number of hydrogen-bond acceptors (Lipinski definition) is 4. The van der Waals surface area contributed by atoms with Gasteiger partial charge in [-0.25, -0.2) is 0 Å². The zero-order valence-electron chi connectivity index (χ0n) is 31.1. The maximum atomic E-state index is 11.0. The molecule has 3 rings (SSSR count). The van der Waals surface area contributed by atoms with Crippen LogP contribution in [0.15, 0.2) is 47.1 Å². The second-order valence-corrected chi connectivity index (χ2v) is 28.6. The molecule has 2 fully saturated rings. The van der Waals surface area contributed by atoms with Crippen molar-refractivity contribution in [3.8, 4) is 0 Å². The highest BCUT2D eigenvalue weighted by Crippen LogP contribution is 2.56. The molecule has 6 heteroatoms. The molecule has 0 aromatic carbocycles. The number of fused-ring (bicyclic) bond motifs is 1. The lowest BCUT2D eigenvalue weighted by Gasteiger charge is -2.51. The lowest BCUT2D eigenvalue weighted by molar-refractivity contribution is 0.0711. The first-order valence-corrected chi connectivity index (χ1v) is 24.3. The van der Waals surface area contributed by atoms with E-state index in [2.05, 4.69) is 114 Å². The Kier molecular flexibility index (Phi) is 11.8. The van der Waals surface area contributed by atoms with Gasteiger partial charge in [-0.15, -0.1) is 11.8 Å². The van der Waals surface area contributed by atoms with E-state index in [0.29, 0.717) is 17.1 Å². The van der Waals surface area contributed by atoms with Gasteiger partial charge in [-0.05, 0) is 96.8 Å². The number of aliphatic hydroxyl groups is 1. The van der Waals surface area contributed by atoms with Crippen molar-refractivity contribution in [2.45, 2.75) is 168 Å². The van der Waals surface area contributed by atoms with Gasteiger partial charge in [-0.3, -0.25) is 0 Å². The van der Waals surface area contributed by atoms with Crippen molar-refractivity contribution in [2.75, 3.05) is 5.75 Å². The summed E-state index contributed by atoms with van der Waals surface area (Å²) in [5, 5.41) is 11.2. The molecule has 0 bridgehead atoms. The molecule has 0 radical (unpaired) electrons. The third-order valence-corrected chi connectivity index (χ3v) is 22.7. The molecule has 2 saturated carbocycles. The number of rotatable bonds is 10. The maximum Gasteiger partial charge on any atom is 0.193 e. The molecular weight excluding hydrogens is 593 g/mol. The van der Waals surface area contributed by atoms with Gasteiger partial charge < -0.3 is 14.0 Å². The predicted molar refractivity (Wildman–Crippen MR) is 199 cm³/mol. The number of thioether (sulfide) groups is 1.